The van der Waals surface area contributed by atoms with Gasteiger partial charge in [-0.15, -0.1) is 0 Å². The number of carbonyl (C=O) groups excluding carboxylic acids is 1. The predicted molar refractivity (Wildman–Crippen MR) is 72.8 cm³/mol. The van der Waals surface area contributed by atoms with Gasteiger partial charge in [-0.3, -0.25) is 9.78 Å². The number of rotatable bonds is 4. The average Bonchev–Trinajstić information content (AvgIpc) is 2.95. The summed E-state index contributed by atoms with van der Waals surface area (Å²) < 4.78 is 10.6. The van der Waals surface area contributed by atoms with E-state index in [0.29, 0.717) is 12.1 Å². The molecule has 0 radical (unpaired) electrons. The molecule has 1 aromatic heterocycles. The molecule has 5 nitrogen and oxygen atoms in total. The normalized spacial score (nSPS) is 12.2. The highest BCUT2D eigenvalue weighted by atomic mass is 16.7. The Bertz CT molecular complexity index is 614. The van der Waals surface area contributed by atoms with Gasteiger partial charge in [0.1, 0.15) is 0 Å². The van der Waals surface area contributed by atoms with E-state index >= 15 is 0 Å². The van der Waals surface area contributed by atoms with Crippen LogP contribution in [-0.2, 0) is 6.42 Å². The Morgan fingerprint density at radius 1 is 1.15 bits per heavy atom. The zero-order valence-electron chi connectivity index (χ0n) is 10.8. The van der Waals surface area contributed by atoms with Gasteiger partial charge < -0.3 is 14.8 Å². The molecule has 0 bridgehead atoms. The lowest BCUT2D eigenvalue weighted by molar-refractivity contribution is 0.0954. The number of fused-ring (bicyclic) bond motifs is 1. The lowest BCUT2D eigenvalue weighted by Gasteiger charge is -2.06. The molecular formula is C15H14N2O3. The zero-order valence-corrected chi connectivity index (χ0v) is 10.8. The largest absolute Gasteiger partial charge is 0.454 e. The third-order valence-electron chi connectivity index (χ3n) is 3.08. The Kier molecular flexibility index (Phi) is 3.50. The predicted octanol–water partition coefficient (Wildman–Crippen LogP) is 1.78. The summed E-state index contributed by atoms with van der Waals surface area (Å²) in [6.07, 6.45) is 3.95. The minimum Gasteiger partial charge on any atom is -0.454 e. The lowest BCUT2D eigenvalue weighted by Crippen LogP contribution is -2.25. The first-order valence-corrected chi connectivity index (χ1v) is 6.40. The zero-order chi connectivity index (χ0) is 13.8. The van der Waals surface area contributed by atoms with E-state index in [1.807, 2.05) is 18.2 Å². The smallest absolute Gasteiger partial charge is 0.251 e. The summed E-state index contributed by atoms with van der Waals surface area (Å²) in [5.74, 6) is 1.45. The van der Waals surface area contributed by atoms with Crippen LogP contribution in [0, 0.1) is 0 Å². The van der Waals surface area contributed by atoms with Crippen LogP contribution >= 0.6 is 0 Å². The summed E-state index contributed by atoms with van der Waals surface area (Å²) in [4.78, 5) is 15.7. The number of carbonyl (C=O) groups is 1. The Morgan fingerprint density at radius 2 is 1.95 bits per heavy atom. The molecule has 1 N–H and O–H groups in total. The molecule has 0 saturated heterocycles. The SMILES string of the molecule is O=C(NCCc1ccc2c(c1)OCO2)c1ccncc1. The van der Waals surface area contributed by atoms with Gasteiger partial charge in [0.15, 0.2) is 11.5 Å². The van der Waals surface area contributed by atoms with Crippen molar-refractivity contribution in [3.63, 3.8) is 0 Å². The Labute approximate surface area is 116 Å². The number of ether oxygens (including phenoxy) is 2. The summed E-state index contributed by atoms with van der Waals surface area (Å²) in [5.41, 5.74) is 1.72. The van der Waals surface area contributed by atoms with Gasteiger partial charge in [0.2, 0.25) is 6.79 Å². The maximum atomic E-state index is 11.8. The van der Waals surface area contributed by atoms with E-state index in [1.54, 1.807) is 24.5 Å². The minimum absolute atomic E-state index is 0.0897. The van der Waals surface area contributed by atoms with Crippen molar-refractivity contribution in [1.82, 2.24) is 10.3 Å². The molecule has 0 spiro atoms. The number of hydrogen-bond acceptors (Lipinski definition) is 4. The summed E-state index contributed by atoms with van der Waals surface area (Å²) in [7, 11) is 0. The molecule has 5 heteroatoms. The fraction of sp³-hybridized carbons (Fsp3) is 0.200. The van der Waals surface area contributed by atoms with E-state index in [0.717, 1.165) is 23.5 Å². The van der Waals surface area contributed by atoms with Crippen LogP contribution in [0.1, 0.15) is 15.9 Å². The van der Waals surface area contributed by atoms with Gasteiger partial charge in [-0.2, -0.15) is 0 Å². The number of pyridine rings is 1. The van der Waals surface area contributed by atoms with Crippen molar-refractivity contribution in [3.8, 4) is 11.5 Å². The molecule has 3 rings (SSSR count). The van der Waals surface area contributed by atoms with Gasteiger partial charge in [0.05, 0.1) is 0 Å². The number of nitrogens with zero attached hydrogens (tertiary/aromatic N) is 1. The van der Waals surface area contributed by atoms with Crippen LogP contribution in [0.25, 0.3) is 0 Å². The summed E-state index contributed by atoms with van der Waals surface area (Å²) >= 11 is 0. The Balaban J connectivity index is 1.54. The highest BCUT2D eigenvalue weighted by Crippen LogP contribution is 2.32. The molecule has 0 unspecified atom stereocenters. The van der Waals surface area contributed by atoms with Crippen LogP contribution in [-0.4, -0.2) is 24.2 Å². The average molecular weight is 270 g/mol. The standard InChI is InChI=1S/C15H14N2O3/c18-15(12-4-6-16-7-5-12)17-8-3-11-1-2-13-14(9-11)20-10-19-13/h1-2,4-7,9H,3,8,10H2,(H,17,18). The molecule has 0 saturated carbocycles. The fourth-order valence-electron chi connectivity index (χ4n) is 2.02. The maximum absolute atomic E-state index is 11.8. The van der Waals surface area contributed by atoms with Crippen LogP contribution in [0.15, 0.2) is 42.7 Å². The van der Waals surface area contributed by atoms with E-state index in [1.165, 1.54) is 0 Å². The van der Waals surface area contributed by atoms with Crippen molar-refractivity contribution in [2.75, 3.05) is 13.3 Å². The van der Waals surface area contributed by atoms with Gasteiger partial charge in [-0.1, -0.05) is 6.07 Å². The van der Waals surface area contributed by atoms with Crippen LogP contribution in [0.5, 0.6) is 11.5 Å². The van der Waals surface area contributed by atoms with E-state index in [4.69, 9.17) is 9.47 Å². The molecule has 1 amide bonds. The lowest BCUT2D eigenvalue weighted by atomic mass is 10.1. The molecule has 0 atom stereocenters. The van der Waals surface area contributed by atoms with Gasteiger partial charge in [-0.05, 0) is 36.2 Å². The third-order valence-corrected chi connectivity index (χ3v) is 3.08. The molecule has 1 aliphatic rings. The van der Waals surface area contributed by atoms with Gasteiger partial charge in [0.25, 0.3) is 5.91 Å². The van der Waals surface area contributed by atoms with Crippen LogP contribution in [0.4, 0.5) is 0 Å². The molecule has 1 aromatic carbocycles. The van der Waals surface area contributed by atoms with E-state index in [9.17, 15) is 4.79 Å². The molecular weight excluding hydrogens is 256 g/mol. The second-order valence-corrected chi connectivity index (χ2v) is 4.43. The molecule has 102 valence electrons. The van der Waals surface area contributed by atoms with Crippen molar-refractivity contribution >= 4 is 5.91 Å². The first-order valence-electron chi connectivity index (χ1n) is 6.40. The molecule has 0 fully saturated rings. The highest BCUT2D eigenvalue weighted by molar-refractivity contribution is 5.93. The van der Waals surface area contributed by atoms with Crippen LogP contribution in [0.3, 0.4) is 0 Å². The fourth-order valence-corrected chi connectivity index (χ4v) is 2.02. The molecule has 20 heavy (non-hydrogen) atoms. The Morgan fingerprint density at radius 3 is 2.80 bits per heavy atom. The van der Waals surface area contributed by atoms with Gasteiger partial charge in [0, 0.05) is 24.5 Å². The number of benzene rings is 1. The second-order valence-electron chi connectivity index (χ2n) is 4.43. The molecule has 1 aliphatic heterocycles. The number of amides is 1. The first kappa shape index (κ1) is 12.5. The van der Waals surface area contributed by atoms with E-state index in [2.05, 4.69) is 10.3 Å². The molecule has 2 aromatic rings. The Hall–Kier alpha value is -2.56. The van der Waals surface area contributed by atoms with Crippen LogP contribution < -0.4 is 14.8 Å². The molecule has 0 aliphatic carbocycles. The second kappa shape index (κ2) is 5.61. The van der Waals surface area contributed by atoms with Crippen LogP contribution in [0.2, 0.25) is 0 Å². The summed E-state index contributed by atoms with van der Waals surface area (Å²) in [5, 5.41) is 2.88. The maximum Gasteiger partial charge on any atom is 0.251 e. The third kappa shape index (κ3) is 2.71. The molecule has 2 heterocycles. The summed E-state index contributed by atoms with van der Waals surface area (Å²) in [6.45, 7) is 0.846. The van der Waals surface area contributed by atoms with E-state index < -0.39 is 0 Å². The van der Waals surface area contributed by atoms with Gasteiger partial charge >= 0.3 is 0 Å². The topological polar surface area (TPSA) is 60.5 Å². The highest BCUT2D eigenvalue weighted by Gasteiger charge is 2.13. The number of hydrogen-bond donors (Lipinski definition) is 1. The van der Waals surface area contributed by atoms with Crippen molar-refractivity contribution < 1.29 is 14.3 Å². The number of nitrogens with one attached hydrogen (secondary N) is 1. The quantitative estimate of drug-likeness (QED) is 0.920. The van der Waals surface area contributed by atoms with Gasteiger partial charge in [-0.25, -0.2) is 0 Å². The van der Waals surface area contributed by atoms with Crippen molar-refractivity contribution in [2.45, 2.75) is 6.42 Å². The first-order chi connectivity index (χ1) is 9.83. The van der Waals surface area contributed by atoms with E-state index in [-0.39, 0.29) is 12.7 Å². The van der Waals surface area contributed by atoms with Crippen molar-refractivity contribution in [3.05, 3.63) is 53.9 Å². The number of aromatic nitrogens is 1. The minimum atomic E-state index is -0.0897. The summed E-state index contributed by atoms with van der Waals surface area (Å²) in [6, 6.07) is 9.20. The van der Waals surface area contributed by atoms with Crippen molar-refractivity contribution in [1.29, 1.82) is 0 Å². The monoisotopic (exact) mass is 270 g/mol. The van der Waals surface area contributed by atoms with Crippen molar-refractivity contribution in [2.24, 2.45) is 0 Å².